The van der Waals surface area contributed by atoms with Crippen LogP contribution in [-0.2, 0) is 0 Å². The molecular formula is C16H22. The van der Waals surface area contributed by atoms with Crippen LogP contribution in [-0.4, -0.2) is 0 Å². The molecule has 0 spiro atoms. The maximum Gasteiger partial charge on any atom is -0.0125 e. The molecule has 3 rings (SSSR count). The normalized spacial score (nSPS) is 36.9. The number of hydrogen-bond donors (Lipinski definition) is 0. The largest absolute Gasteiger partial charge is 0.0625 e. The molecule has 1 saturated carbocycles. The van der Waals surface area contributed by atoms with E-state index in [9.17, 15) is 0 Å². The van der Waals surface area contributed by atoms with Crippen LogP contribution < -0.4 is 0 Å². The van der Waals surface area contributed by atoms with Gasteiger partial charge in [0.1, 0.15) is 0 Å². The summed E-state index contributed by atoms with van der Waals surface area (Å²) in [6.07, 6.45) is 4.30. The lowest BCUT2D eigenvalue weighted by Crippen LogP contribution is -2.20. The summed E-state index contributed by atoms with van der Waals surface area (Å²) in [5.41, 5.74) is 4.89. The van der Waals surface area contributed by atoms with Crippen molar-refractivity contribution in [3.63, 3.8) is 0 Å². The Morgan fingerprint density at radius 1 is 1.12 bits per heavy atom. The first-order valence-corrected chi connectivity index (χ1v) is 6.78. The van der Waals surface area contributed by atoms with Gasteiger partial charge in [0.25, 0.3) is 0 Å². The van der Waals surface area contributed by atoms with Gasteiger partial charge in [0.2, 0.25) is 0 Å². The second kappa shape index (κ2) is 3.61. The van der Waals surface area contributed by atoms with Crippen molar-refractivity contribution >= 4 is 0 Å². The van der Waals surface area contributed by atoms with E-state index in [1.165, 1.54) is 24.8 Å². The second-order valence-corrected chi connectivity index (χ2v) is 6.06. The van der Waals surface area contributed by atoms with Gasteiger partial charge in [-0.3, -0.25) is 0 Å². The third kappa shape index (κ3) is 1.35. The van der Waals surface area contributed by atoms with Crippen molar-refractivity contribution in [3.8, 4) is 0 Å². The molecule has 1 aromatic rings. The molecule has 2 aliphatic rings. The van der Waals surface area contributed by atoms with Crippen molar-refractivity contribution < 1.29 is 0 Å². The minimum atomic E-state index is 0.795. The Morgan fingerprint density at radius 3 is 2.75 bits per heavy atom. The van der Waals surface area contributed by atoms with Crippen LogP contribution in [0.5, 0.6) is 0 Å². The molecule has 0 saturated heterocycles. The standard InChI is InChI=1S/C16H22/c1-10-7-8-13-14-6-4-5-11(2)16(14)12(3)15(13)9-10/h4-6,10,12-13,15H,7-9H2,1-3H3. The van der Waals surface area contributed by atoms with E-state index in [0.717, 1.165) is 23.7 Å². The highest BCUT2D eigenvalue weighted by atomic mass is 14.5. The lowest BCUT2D eigenvalue weighted by Gasteiger charge is -2.32. The fourth-order valence-electron chi connectivity index (χ4n) is 4.23. The van der Waals surface area contributed by atoms with Gasteiger partial charge in [-0.25, -0.2) is 0 Å². The van der Waals surface area contributed by atoms with Gasteiger partial charge in [0, 0.05) is 0 Å². The van der Waals surface area contributed by atoms with Gasteiger partial charge in [-0.05, 0) is 60.1 Å². The van der Waals surface area contributed by atoms with Gasteiger partial charge >= 0.3 is 0 Å². The van der Waals surface area contributed by atoms with Gasteiger partial charge in [0.15, 0.2) is 0 Å². The summed E-state index contributed by atoms with van der Waals surface area (Å²) in [6, 6.07) is 6.93. The maximum absolute atomic E-state index is 2.45. The Bertz CT molecular complexity index is 404. The molecule has 16 heavy (non-hydrogen) atoms. The molecule has 0 aromatic heterocycles. The lowest BCUT2D eigenvalue weighted by atomic mass is 9.72. The molecule has 1 fully saturated rings. The number of hydrogen-bond acceptors (Lipinski definition) is 0. The van der Waals surface area contributed by atoms with Gasteiger partial charge < -0.3 is 0 Å². The summed E-state index contributed by atoms with van der Waals surface area (Å²) < 4.78 is 0. The predicted octanol–water partition coefficient (Wildman–Crippen LogP) is 4.63. The van der Waals surface area contributed by atoms with Crippen LogP contribution in [0.25, 0.3) is 0 Å². The Morgan fingerprint density at radius 2 is 1.94 bits per heavy atom. The SMILES string of the molecule is Cc1cccc2c1C(C)C1CC(C)CCC21. The molecule has 0 amide bonds. The van der Waals surface area contributed by atoms with E-state index in [1.54, 1.807) is 11.1 Å². The zero-order valence-electron chi connectivity index (χ0n) is 10.7. The highest BCUT2D eigenvalue weighted by Gasteiger charge is 2.41. The van der Waals surface area contributed by atoms with E-state index >= 15 is 0 Å². The summed E-state index contributed by atoms with van der Waals surface area (Å²) in [6.45, 7) is 7.17. The monoisotopic (exact) mass is 214 g/mol. The van der Waals surface area contributed by atoms with E-state index in [-0.39, 0.29) is 0 Å². The van der Waals surface area contributed by atoms with E-state index in [1.807, 2.05) is 0 Å². The molecule has 86 valence electrons. The summed E-state index contributed by atoms with van der Waals surface area (Å²) >= 11 is 0. The Balaban J connectivity index is 2.05. The molecule has 0 heteroatoms. The first-order valence-electron chi connectivity index (χ1n) is 6.78. The van der Waals surface area contributed by atoms with E-state index in [4.69, 9.17) is 0 Å². The zero-order valence-corrected chi connectivity index (χ0v) is 10.7. The summed E-state index contributed by atoms with van der Waals surface area (Å²) in [7, 11) is 0. The van der Waals surface area contributed by atoms with Crippen molar-refractivity contribution in [1.29, 1.82) is 0 Å². The van der Waals surface area contributed by atoms with Crippen molar-refractivity contribution in [1.82, 2.24) is 0 Å². The minimum absolute atomic E-state index is 0.795. The topological polar surface area (TPSA) is 0 Å². The molecule has 2 aliphatic carbocycles. The van der Waals surface area contributed by atoms with Crippen LogP contribution in [0.2, 0.25) is 0 Å². The predicted molar refractivity (Wildman–Crippen MR) is 68.8 cm³/mol. The number of fused-ring (bicyclic) bond motifs is 3. The summed E-state index contributed by atoms with van der Waals surface area (Å²) in [5, 5.41) is 0. The van der Waals surface area contributed by atoms with E-state index in [0.29, 0.717) is 0 Å². The molecule has 0 heterocycles. The van der Waals surface area contributed by atoms with Crippen LogP contribution >= 0.6 is 0 Å². The van der Waals surface area contributed by atoms with Crippen LogP contribution in [0.4, 0.5) is 0 Å². The van der Waals surface area contributed by atoms with E-state index in [2.05, 4.69) is 39.0 Å². The third-order valence-corrected chi connectivity index (χ3v) is 5.02. The van der Waals surface area contributed by atoms with Crippen molar-refractivity contribution in [2.45, 2.75) is 51.9 Å². The van der Waals surface area contributed by atoms with Crippen molar-refractivity contribution in [3.05, 3.63) is 34.9 Å². The fraction of sp³-hybridized carbons (Fsp3) is 0.625. The van der Waals surface area contributed by atoms with Crippen LogP contribution in [0.3, 0.4) is 0 Å². The van der Waals surface area contributed by atoms with Crippen molar-refractivity contribution in [2.24, 2.45) is 11.8 Å². The fourth-order valence-corrected chi connectivity index (χ4v) is 4.23. The highest BCUT2D eigenvalue weighted by molar-refractivity contribution is 5.45. The summed E-state index contributed by atoms with van der Waals surface area (Å²) in [4.78, 5) is 0. The van der Waals surface area contributed by atoms with Crippen LogP contribution in [0, 0.1) is 18.8 Å². The third-order valence-electron chi connectivity index (χ3n) is 5.02. The number of aryl methyl sites for hydroxylation is 1. The number of benzene rings is 1. The number of rotatable bonds is 0. The van der Waals surface area contributed by atoms with Crippen LogP contribution in [0.15, 0.2) is 18.2 Å². The minimum Gasteiger partial charge on any atom is -0.0625 e. The molecule has 1 aromatic carbocycles. The Hall–Kier alpha value is -0.780. The summed E-state index contributed by atoms with van der Waals surface area (Å²) in [5.74, 6) is 3.54. The molecule has 0 N–H and O–H groups in total. The van der Waals surface area contributed by atoms with Gasteiger partial charge in [0.05, 0.1) is 0 Å². The molecule has 0 aliphatic heterocycles. The molecule has 0 radical (unpaired) electrons. The lowest BCUT2D eigenvalue weighted by molar-refractivity contribution is 0.238. The van der Waals surface area contributed by atoms with Crippen LogP contribution in [0.1, 0.15) is 61.6 Å². The Labute approximate surface area is 99.1 Å². The van der Waals surface area contributed by atoms with E-state index < -0.39 is 0 Å². The highest BCUT2D eigenvalue weighted by Crippen LogP contribution is 2.54. The smallest absolute Gasteiger partial charge is 0.0125 e. The van der Waals surface area contributed by atoms with Gasteiger partial charge in [-0.15, -0.1) is 0 Å². The first kappa shape index (κ1) is 10.4. The van der Waals surface area contributed by atoms with Gasteiger partial charge in [-0.2, -0.15) is 0 Å². The van der Waals surface area contributed by atoms with Gasteiger partial charge in [-0.1, -0.05) is 38.5 Å². The molecule has 0 bridgehead atoms. The average Bonchev–Trinajstić information content (AvgIpc) is 2.54. The molecular weight excluding hydrogens is 192 g/mol. The second-order valence-electron chi connectivity index (χ2n) is 6.06. The molecule has 0 nitrogen and oxygen atoms in total. The maximum atomic E-state index is 2.45. The van der Waals surface area contributed by atoms with Crippen molar-refractivity contribution in [2.75, 3.05) is 0 Å². The Kier molecular flexibility index (Phi) is 2.34. The average molecular weight is 214 g/mol. The molecule has 4 unspecified atom stereocenters. The quantitative estimate of drug-likeness (QED) is 0.590. The molecule has 4 atom stereocenters. The first-order chi connectivity index (χ1) is 7.68. The zero-order chi connectivity index (χ0) is 11.3.